The molecule has 7 heteroatoms. The standard InChI is InChI=1S/C10H10BClF3O.K/c1-8(6-12)7-16-10-4-2-9(3-5-10)11(13,14)15;/h2-6H,7H2,1H3;/q-1;+1/b8-6-;. The minimum Gasteiger partial charge on any atom is -0.489 e. The number of rotatable bonds is 4. The van der Waals surface area contributed by atoms with Gasteiger partial charge in [0.05, 0.1) is 0 Å². The van der Waals surface area contributed by atoms with E-state index in [4.69, 9.17) is 16.3 Å². The molecular formula is C10H10BClF3KO. The second kappa shape index (κ2) is 7.86. The molecule has 0 aliphatic rings. The Morgan fingerprint density at radius 3 is 2.24 bits per heavy atom. The van der Waals surface area contributed by atoms with Crippen molar-refractivity contribution >= 4 is 24.0 Å². The van der Waals surface area contributed by atoms with Gasteiger partial charge in [0.25, 0.3) is 0 Å². The first-order valence-electron chi connectivity index (χ1n) is 4.62. The van der Waals surface area contributed by atoms with Gasteiger partial charge in [0.1, 0.15) is 12.4 Å². The molecule has 0 N–H and O–H groups in total. The Morgan fingerprint density at radius 1 is 1.29 bits per heavy atom. The summed E-state index contributed by atoms with van der Waals surface area (Å²) < 4.78 is 42.1. The molecule has 0 aromatic heterocycles. The Kier molecular flexibility index (Phi) is 8.11. The Hall–Kier alpha value is 0.541. The topological polar surface area (TPSA) is 9.23 Å². The first-order valence-corrected chi connectivity index (χ1v) is 5.05. The van der Waals surface area contributed by atoms with Crippen LogP contribution in [0.15, 0.2) is 35.4 Å². The molecule has 0 spiro atoms. The van der Waals surface area contributed by atoms with Crippen LogP contribution in [0.5, 0.6) is 5.75 Å². The molecule has 0 fully saturated rings. The van der Waals surface area contributed by atoms with Gasteiger partial charge in [0.2, 0.25) is 0 Å². The molecule has 0 atom stereocenters. The van der Waals surface area contributed by atoms with Gasteiger partial charge in [-0.15, -0.1) is 5.46 Å². The van der Waals surface area contributed by atoms with Gasteiger partial charge in [-0.25, -0.2) is 0 Å². The van der Waals surface area contributed by atoms with Gasteiger partial charge in [0, 0.05) is 5.54 Å². The second-order valence-electron chi connectivity index (χ2n) is 3.39. The molecule has 0 aliphatic heterocycles. The van der Waals surface area contributed by atoms with E-state index in [2.05, 4.69) is 0 Å². The van der Waals surface area contributed by atoms with Gasteiger partial charge in [0.15, 0.2) is 0 Å². The van der Waals surface area contributed by atoms with Crippen molar-refractivity contribution in [3.8, 4) is 5.75 Å². The fourth-order valence-corrected chi connectivity index (χ4v) is 1.07. The Bertz CT molecular complexity index is 378. The van der Waals surface area contributed by atoms with E-state index in [0.29, 0.717) is 5.75 Å². The number of hydrogen-bond acceptors (Lipinski definition) is 1. The smallest absolute Gasteiger partial charge is 0.489 e. The first kappa shape index (κ1) is 17.5. The first-order chi connectivity index (χ1) is 7.43. The summed E-state index contributed by atoms with van der Waals surface area (Å²) in [5.41, 5.74) is 1.54. The maximum Gasteiger partial charge on any atom is 1.00 e. The molecule has 1 nitrogen and oxygen atoms in total. The molecule has 1 aromatic rings. The monoisotopic (exact) mass is 288 g/mol. The van der Waals surface area contributed by atoms with Crippen molar-refractivity contribution in [1.29, 1.82) is 0 Å². The van der Waals surface area contributed by atoms with Crippen molar-refractivity contribution < 1.29 is 69.1 Å². The van der Waals surface area contributed by atoms with Crippen LogP contribution < -0.4 is 61.6 Å². The molecule has 0 bridgehead atoms. The third-order valence-corrected chi connectivity index (χ3v) is 2.28. The van der Waals surface area contributed by atoms with Gasteiger partial charge in [-0.1, -0.05) is 23.7 Å². The Morgan fingerprint density at radius 2 is 1.82 bits per heavy atom. The summed E-state index contributed by atoms with van der Waals surface area (Å²) in [6, 6.07) is 4.61. The van der Waals surface area contributed by atoms with Crippen LogP contribution in [0.25, 0.3) is 0 Å². The second-order valence-corrected chi connectivity index (χ2v) is 3.61. The fraction of sp³-hybridized carbons (Fsp3) is 0.200. The molecule has 0 saturated carbocycles. The SMILES string of the molecule is C/C(=C/Cl)COc1ccc([B-](F)(F)F)cc1.[K+]. The molecule has 17 heavy (non-hydrogen) atoms. The summed E-state index contributed by atoms with van der Waals surface area (Å²) in [6.07, 6.45) is 0. The van der Waals surface area contributed by atoms with E-state index in [1.54, 1.807) is 6.92 Å². The molecular weight excluding hydrogens is 278 g/mol. The molecule has 0 heterocycles. The van der Waals surface area contributed by atoms with E-state index in [-0.39, 0.29) is 58.0 Å². The van der Waals surface area contributed by atoms with E-state index in [1.165, 1.54) is 17.7 Å². The van der Waals surface area contributed by atoms with Crippen LogP contribution in [0.1, 0.15) is 6.92 Å². The predicted octanol–water partition coefficient (Wildman–Crippen LogP) is 0.266. The molecule has 0 saturated heterocycles. The zero-order valence-corrected chi connectivity index (χ0v) is 13.5. The quantitative estimate of drug-likeness (QED) is 0.723. The zero-order chi connectivity index (χ0) is 12.2. The van der Waals surface area contributed by atoms with Crippen LogP contribution >= 0.6 is 11.6 Å². The molecule has 1 aromatic carbocycles. The summed E-state index contributed by atoms with van der Waals surface area (Å²) in [5, 5.41) is 0. The van der Waals surface area contributed by atoms with Crippen LogP contribution in [0.2, 0.25) is 0 Å². The number of ether oxygens (including phenoxy) is 1. The fourth-order valence-electron chi connectivity index (χ4n) is 1.01. The maximum atomic E-state index is 12.3. The Balaban J connectivity index is 0.00000256. The van der Waals surface area contributed by atoms with Crippen LogP contribution in [-0.4, -0.2) is 13.6 Å². The van der Waals surface area contributed by atoms with Gasteiger partial charge < -0.3 is 17.7 Å². The van der Waals surface area contributed by atoms with E-state index in [9.17, 15) is 12.9 Å². The molecule has 0 unspecified atom stereocenters. The summed E-state index contributed by atoms with van der Waals surface area (Å²) >= 11 is 5.41. The van der Waals surface area contributed by atoms with Crippen molar-refractivity contribution in [2.45, 2.75) is 6.92 Å². The zero-order valence-electron chi connectivity index (χ0n) is 9.59. The van der Waals surface area contributed by atoms with Crippen molar-refractivity contribution in [3.63, 3.8) is 0 Å². The number of hydrogen-bond donors (Lipinski definition) is 0. The van der Waals surface area contributed by atoms with Gasteiger partial charge >= 0.3 is 58.4 Å². The minimum atomic E-state index is -4.94. The van der Waals surface area contributed by atoms with Crippen molar-refractivity contribution in [3.05, 3.63) is 35.4 Å². The number of benzene rings is 1. The summed E-state index contributed by atoms with van der Waals surface area (Å²) in [7, 11) is 0. The largest absolute Gasteiger partial charge is 1.00 e. The summed E-state index contributed by atoms with van der Waals surface area (Å²) in [5.74, 6) is 0.390. The predicted molar refractivity (Wildman–Crippen MR) is 60.3 cm³/mol. The van der Waals surface area contributed by atoms with E-state index < -0.39 is 12.4 Å². The molecule has 0 aliphatic carbocycles. The maximum absolute atomic E-state index is 12.3. The van der Waals surface area contributed by atoms with Gasteiger partial charge in [-0.2, -0.15) is 0 Å². The molecule has 1 rings (SSSR count). The molecule has 0 radical (unpaired) electrons. The third-order valence-electron chi connectivity index (χ3n) is 1.91. The average molecular weight is 289 g/mol. The van der Waals surface area contributed by atoms with Crippen LogP contribution in [0, 0.1) is 0 Å². The molecule has 88 valence electrons. The normalized spacial score (nSPS) is 11.9. The Labute approximate surface area is 146 Å². The molecule has 0 amide bonds. The average Bonchev–Trinajstić information content (AvgIpc) is 2.25. The summed E-state index contributed by atoms with van der Waals surface area (Å²) in [6.45, 7) is -2.91. The van der Waals surface area contributed by atoms with E-state index >= 15 is 0 Å². The summed E-state index contributed by atoms with van der Waals surface area (Å²) in [4.78, 5) is 0. The van der Waals surface area contributed by atoms with E-state index in [1.807, 2.05) is 0 Å². The van der Waals surface area contributed by atoms with Crippen LogP contribution in [-0.2, 0) is 0 Å². The van der Waals surface area contributed by atoms with E-state index in [0.717, 1.165) is 17.7 Å². The van der Waals surface area contributed by atoms with Crippen LogP contribution in [0.3, 0.4) is 0 Å². The minimum absolute atomic E-state index is 0. The van der Waals surface area contributed by atoms with Crippen molar-refractivity contribution in [2.24, 2.45) is 0 Å². The van der Waals surface area contributed by atoms with Crippen molar-refractivity contribution in [1.82, 2.24) is 0 Å². The van der Waals surface area contributed by atoms with Gasteiger partial charge in [-0.05, 0) is 24.6 Å². The number of halogens is 4. The van der Waals surface area contributed by atoms with Crippen LogP contribution in [0.4, 0.5) is 12.9 Å². The third kappa shape index (κ3) is 6.31. The van der Waals surface area contributed by atoms with Crippen molar-refractivity contribution in [2.75, 3.05) is 6.61 Å². The van der Waals surface area contributed by atoms with Gasteiger partial charge in [-0.3, -0.25) is 0 Å².